The van der Waals surface area contributed by atoms with Gasteiger partial charge in [-0.3, -0.25) is 24.0 Å². The van der Waals surface area contributed by atoms with Crippen LogP contribution in [0.25, 0.3) is 11.1 Å². The average Bonchev–Trinajstić information content (AvgIpc) is 2.89. The third-order valence-electron chi connectivity index (χ3n) is 11.1. The molecular formula is C38H46O7. The largest absolute Gasteiger partial charge is 0.507 e. The average molecular weight is 615 g/mol. The molecular weight excluding hydrogens is 568 g/mol. The van der Waals surface area contributed by atoms with Gasteiger partial charge >= 0.3 is 0 Å². The topological polar surface area (TPSA) is 126 Å². The van der Waals surface area contributed by atoms with Crippen molar-refractivity contribution in [3.8, 4) is 16.9 Å². The van der Waals surface area contributed by atoms with Gasteiger partial charge in [-0.15, -0.1) is 0 Å². The van der Waals surface area contributed by atoms with E-state index in [-0.39, 0.29) is 41.4 Å². The molecule has 6 atom stereocenters. The van der Waals surface area contributed by atoms with Crippen molar-refractivity contribution in [3.63, 3.8) is 0 Å². The van der Waals surface area contributed by atoms with Crippen molar-refractivity contribution in [3.05, 3.63) is 52.6 Å². The minimum atomic E-state index is -2.71. The molecule has 0 saturated heterocycles. The summed E-state index contributed by atoms with van der Waals surface area (Å²) in [6.45, 7) is 18.4. The summed E-state index contributed by atoms with van der Waals surface area (Å²) in [4.78, 5) is 69.5. The van der Waals surface area contributed by atoms with E-state index < -0.39 is 63.1 Å². The molecule has 0 aliphatic heterocycles. The Labute approximate surface area is 265 Å². The van der Waals surface area contributed by atoms with Crippen LogP contribution in [0.1, 0.15) is 109 Å². The second kappa shape index (κ2) is 10.3. The molecule has 3 aliphatic carbocycles. The van der Waals surface area contributed by atoms with Crippen LogP contribution >= 0.6 is 0 Å². The van der Waals surface area contributed by atoms with Crippen molar-refractivity contribution in [2.75, 3.05) is 0 Å². The van der Waals surface area contributed by atoms with E-state index in [1.54, 1.807) is 20.8 Å². The van der Waals surface area contributed by atoms with Gasteiger partial charge in [0, 0.05) is 16.9 Å². The highest BCUT2D eigenvalue weighted by molar-refractivity contribution is 6.32. The molecule has 7 nitrogen and oxygen atoms in total. The summed E-state index contributed by atoms with van der Waals surface area (Å²) in [5.74, 6) is -8.85. The predicted molar refractivity (Wildman–Crippen MR) is 171 cm³/mol. The Morgan fingerprint density at radius 3 is 2.02 bits per heavy atom. The Morgan fingerprint density at radius 1 is 0.956 bits per heavy atom. The second-order valence-electron chi connectivity index (χ2n) is 16.0. The lowest BCUT2D eigenvalue weighted by atomic mass is 9.39. The van der Waals surface area contributed by atoms with Crippen molar-refractivity contribution < 1.29 is 34.2 Å². The molecule has 0 heterocycles. The number of carbonyl (C=O) groups is 5. The molecule has 240 valence electrons. The van der Waals surface area contributed by atoms with Gasteiger partial charge in [-0.25, -0.2) is 0 Å². The summed E-state index contributed by atoms with van der Waals surface area (Å²) in [5.41, 5.74) is -1.49. The SMILES string of the molecule is CC(=O)C1C(=O)C(C(C)C)[C@@]2(C)C[C@@]3(C)Cc4c(C(C)C)cc(-c5ccc(C(C)(C)C)cc5)c(O)c4C(=O)C3C(=O)[C@@]2(O)C1=O. The highest BCUT2D eigenvalue weighted by atomic mass is 16.3. The number of fused-ring (bicyclic) bond motifs is 3. The number of phenols is 1. The maximum atomic E-state index is 14.6. The van der Waals surface area contributed by atoms with Gasteiger partial charge in [0.1, 0.15) is 17.5 Å². The molecule has 2 aromatic carbocycles. The molecule has 3 unspecified atom stereocenters. The Bertz CT molecular complexity index is 1660. The van der Waals surface area contributed by atoms with Crippen molar-refractivity contribution in [2.24, 2.45) is 34.5 Å². The van der Waals surface area contributed by atoms with Crippen molar-refractivity contribution in [1.82, 2.24) is 0 Å². The van der Waals surface area contributed by atoms with Gasteiger partial charge in [-0.2, -0.15) is 0 Å². The summed E-state index contributed by atoms with van der Waals surface area (Å²) in [6.07, 6.45) is 0.279. The maximum Gasteiger partial charge on any atom is 0.190 e. The lowest BCUT2D eigenvalue weighted by Crippen LogP contribution is -2.76. The van der Waals surface area contributed by atoms with Crippen LogP contribution in [-0.2, 0) is 31.0 Å². The number of ketones is 5. The summed E-state index contributed by atoms with van der Waals surface area (Å²) < 4.78 is 0. The van der Waals surface area contributed by atoms with Crippen molar-refractivity contribution in [2.45, 2.75) is 99.0 Å². The van der Waals surface area contributed by atoms with E-state index in [4.69, 9.17) is 0 Å². The van der Waals surface area contributed by atoms with Gasteiger partial charge in [-0.05, 0) is 70.8 Å². The first kappa shape index (κ1) is 32.9. The molecule has 0 bridgehead atoms. The molecule has 0 spiro atoms. The normalized spacial score (nSPS) is 31.6. The number of aliphatic hydroxyl groups is 1. The zero-order valence-electron chi connectivity index (χ0n) is 28.1. The fourth-order valence-corrected chi connectivity index (χ4v) is 9.12. The van der Waals surface area contributed by atoms with E-state index >= 15 is 0 Å². The first-order chi connectivity index (χ1) is 20.6. The summed E-state index contributed by atoms with van der Waals surface area (Å²) >= 11 is 0. The molecule has 0 amide bonds. The number of aromatic hydroxyl groups is 1. The molecule has 3 aliphatic rings. The van der Waals surface area contributed by atoms with E-state index in [0.717, 1.165) is 23.6 Å². The second-order valence-corrected chi connectivity index (χ2v) is 16.0. The molecule has 7 heteroatoms. The molecule has 2 saturated carbocycles. The van der Waals surface area contributed by atoms with Gasteiger partial charge in [0.05, 0.1) is 11.5 Å². The predicted octanol–water partition coefficient (Wildman–Crippen LogP) is 6.18. The van der Waals surface area contributed by atoms with Crippen LogP contribution in [-0.4, -0.2) is 44.7 Å². The van der Waals surface area contributed by atoms with Crippen LogP contribution < -0.4 is 0 Å². The van der Waals surface area contributed by atoms with Crippen LogP contribution in [0, 0.1) is 34.5 Å². The molecule has 0 aromatic heterocycles. The molecule has 45 heavy (non-hydrogen) atoms. The van der Waals surface area contributed by atoms with Gasteiger partial charge in [-0.1, -0.05) is 86.6 Å². The van der Waals surface area contributed by atoms with Crippen LogP contribution in [0.2, 0.25) is 0 Å². The van der Waals surface area contributed by atoms with E-state index in [1.807, 2.05) is 51.1 Å². The maximum absolute atomic E-state index is 14.6. The Balaban J connectivity index is 1.73. The van der Waals surface area contributed by atoms with Gasteiger partial charge in [0.15, 0.2) is 28.7 Å². The first-order valence-corrected chi connectivity index (χ1v) is 16.0. The number of benzene rings is 2. The standard InChI is InChI=1S/C38H46O7/c1-18(2)23-15-24(21-11-13-22(14-12-21)35(6,7)8)30(40)27-25(23)16-36(9)17-37(10)28(19(3)4)31(41)26(20(5)39)33(43)38(37,45)34(44)29(36)32(27)42/h11-15,18-19,26,28-29,40,45H,16-17H2,1-10H3/t26?,28?,29?,36-,37-,38+/m1/s1. The zero-order chi connectivity index (χ0) is 33.8. The summed E-state index contributed by atoms with van der Waals surface area (Å²) in [5, 5.41) is 24.0. The highest BCUT2D eigenvalue weighted by Crippen LogP contribution is 2.64. The highest BCUT2D eigenvalue weighted by Gasteiger charge is 2.76. The number of carbonyl (C=O) groups excluding carboxylic acids is 5. The van der Waals surface area contributed by atoms with Crippen LogP contribution in [0.4, 0.5) is 0 Å². The molecule has 2 N–H and O–H groups in total. The molecule has 2 fully saturated rings. The number of rotatable bonds is 4. The van der Waals surface area contributed by atoms with Crippen molar-refractivity contribution in [1.29, 1.82) is 0 Å². The first-order valence-electron chi connectivity index (χ1n) is 16.0. The lowest BCUT2D eigenvalue weighted by molar-refractivity contribution is -0.205. The quantitative estimate of drug-likeness (QED) is 0.394. The number of phenolic OH excluding ortho intramolecular Hbond substituents is 1. The van der Waals surface area contributed by atoms with Crippen LogP contribution in [0.15, 0.2) is 30.3 Å². The molecule has 2 aromatic rings. The Morgan fingerprint density at radius 2 is 1.53 bits per heavy atom. The van der Waals surface area contributed by atoms with E-state index in [9.17, 15) is 34.2 Å². The third-order valence-corrected chi connectivity index (χ3v) is 11.1. The Kier molecular flexibility index (Phi) is 7.52. The summed E-state index contributed by atoms with van der Waals surface area (Å²) in [6, 6.07) is 9.74. The molecule has 0 radical (unpaired) electrons. The third kappa shape index (κ3) is 4.44. The fraction of sp³-hybridized carbons (Fsp3) is 0.553. The van der Waals surface area contributed by atoms with Crippen molar-refractivity contribution >= 4 is 28.9 Å². The lowest BCUT2D eigenvalue weighted by Gasteiger charge is -2.62. The molecule has 5 rings (SSSR count). The van der Waals surface area contributed by atoms with E-state index in [1.165, 1.54) is 0 Å². The minimum Gasteiger partial charge on any atom is -0.507 e. The van der Waals surface area contributed by atoms with Gasteiger partial charge in [0.2, 0.25) is 0 Å². The fourth-order valence-electron chi connectivity index (χ4n) is 9.12. The number of hydrogen-bond acceptors (Lipinski definition) is 7. The zero-order valence-corrected chi connectivity index (χ0v) is 28.1. The van der Waals surface area contributed by atoms with Crippen LogP contribution in [0.3, 0.4) is 0 Å². The van der Waals surface area contributed by atoms with Crippen LogP contribution in [0.5, 0.6) is 5.75 Å². The van der Waals surface area contributed by atoms with Gasteiger partial charge < -0.3 is 10.2 Å². The Hall–Kier alpha value is -3.45. The smallest absolute Gasteiger partial charge is 0.190 e. The monoisotopic (exact) mass is 614 g/mol. The van der Waals surface area contributed by atoms with E-state index in [0.29, 0.717) is 11.1 Å². The van der Waals surface area contributed by atoms with E-state index in [2.05, 4.69) is 20.8 Å². The van der Waals surface area contributed by atoms with Gasteiger partial charge in [0.25, 0.3) is 0 Å². The number of hydrogen-bond donors (Lipinski definition) is 2. The minimum absolute atomic E-state index is 0.0238. The number of Topliss-reactive ketones (excluding diaryl/α,β-unsaturated/α-hetero) is 5. The summed E-state index contributed by atoms with van der Waals surface area (Å²) in [7, 11) is 0.